The van der Waals surface area contributed by atoms with Crippen LogP contribution in [0.15, 0.2) is 35.5 Å². The lowest BCUT2D eigenvalue weighted by Gasteiger charge is -2.14. The van der Waals surface area contributed by atoms with Gasteiger partial charge >= 0.3 is 6.03 Å². The van der Waals surface area contributed by atoms with Crippen LogP contribution in [-0.4, -0.2) is 32.6 Å². The number of amides is 2. The fourth-order valence-corrected chi connectivity index (χ4v) is 2.65. The van der Waals surface area contributed by atoms with Crippen LogP contribution >= 0.6 is 11.8 Å². The summed E-state index contributed by atoms with van der Waals surface area (Å²) in [5, 5.41) is 9.76. The first-order chi connectivity index (χ1) is 10.5. The Balaban J connectivity index is 1.68. The zero-order valence-electron chi connectivity index (χ0n) is 13.0. The zero-order valence-corrected chi connectivity index (χ0v) is 13.9. The molecule has 1 aromatic heterocycles. The van der Waals surface area contributed by atoms with Gasteiger partial charge in [-0.15, -0.1) is 11.8 Å². The highest BCUT2D eigenvalue weighted by molar-refractivity contribution is 7.99. The summed E-state index contributed by atoms with van der Waals surface area (Å²) in [6.45, 7) is 4.38. The molecule has 0 radical (unpaired) electrons. The number of carbonyl (C=O) groups is 1. The number of nitrogens with zero attached hydrogens (tertiary/aromatic N) is 3. The third kappa shape index (κ3) is 5.40. The molecule has 0 aliphatic heterocycles. The van der Waals surface area contributed by atoms with E-state index < -0.39 is 0 Å². The average molecular weight is 319 g/mol. The molecule has 7 heteroatoms. The Kier molecular flexibility index (Phi) is 5.83. The Labute approximate surface area is 134 Å². The summed E-state index contributed by atoms with van der Waals surface area (Å²) >= 11 is 1.73. The standard InChI is InChI=1S/C15H21N5OS/c1-11-4-6-13(7-5-11)22-9-12(2)18-15(21)16-8-14-17-10-20(3)19-14/h4-7,10,12H,8-9H2,1-3H3,(H2,16,18,21)/t12-/m1/s1. The topological polar surface area (TPSA) is 71.8 Å². The van der Waals surface area contributed by atoms with Crippen molar-refractivity contribution in [1.29, 1.82) is 0 Å². The van der Waals surface area contributed by atoms with Gasteiger partial charge in [-0.2, -0.15) is 5.10 Å². The average Bonchev–Trinajstić information content (AvgIpc) is 2.90. The number of hydrogen-bond acceptors (Lipinski definition) is 4. The minimum Gasteiger partial charge on any atom is -0.335 e. The maximum atomic E-state index is 11.8. The molecule has 118 valence electrons. The number of benzene rings is 1. The normalized spacial score (nSPS) is 12.0. The predicted octanol–water partition coefficient (Wildman–Crippen LogP) is 2.10. The minimum atomic E-state index is -0.204. The molecule has 2 amide bonds. The fourth-order valence-electron chi connectivity index (χ4n) is 1.80. The van der Waals surface area contributed by atoms with Crippen LogP contribution in [0.3, 0.4) is 0 Å². The van der Waals surface area contributed by atoms with Gasteiger partial charge in [-0.05, 0) is 26.0 Å². The maximum absolute atomic E-state index is 11.8. The van der Waals surface area contributed by atoms with Crippen molar-refractivity contribution in [3.05, 3.63) is 42.0 Å². The van der Waals surface area contributed by atoms with Crippen LogP contribution in [0, 0.1) is 6.92 Å². The second-order valence-electron chi connectivity index (χ2n) is 5.19. The number of rotatable bonds is 6. The molecule has 1 aromatic carbocycles. The van der Waals surface area contributed by atoms with Gasteiger partial charge in [0.25, 0.3) is 0 Å². The van der Waals surface area contributed by atoms with E-state index in [1.54, 1.807) is 29.8 Å². The van der Waals surface area contributed by atoms with Crippen molar-refractivity contribution in [2.24, 2.45) is 7.05 Å². The Hall–Kier alpha value is -2.02. The summed E-state index contributed by atoms with van der Waals surface area (Å²) in [6.07, 6.45) is 1.61. The number of aryl methyl sites for hydroxylation is 2. The van der Waals surface area contributed by atoms with Crippen LogP contribution in [0.25, 0.3) is 0 Å². The van der Waals surface area contributed by atoms with Crippen molar-refractivity contribution in [3.8, 4) is 0 Å². The molecular formula is C15H21N5OS. The van der Waals surface area contributed by atoms with Crippen molar-refractivity contribution in [3.63, 3.8) is 0 Å². The van der Waals surface area contributed by atoms with E-state index in [0.717, 1.165) is 5.75 Å². The largest absolute Gasteiger partial charge is 0.335 e. The van der Waals surface area contributed by atoms with E-state index >= 15 is 0 Å². The molecular weight excluding hydrogens is 298 g/mol. The summed E-state index contributed by atoms with van der Waals surface area (Å²) in [5.74, 6) is 1.41. The van der Waals surface area contributed by atoms with E-state index in [9.17, 15) is 4.79 Å². The predicted molar refractivity (Wildman–Crippen MR) is 87.7 cm³/mol. The van der Waals surface area contributed by atoms with Crippen LogP contribution in [0.2, 0.25) is 0 Å². The van der Waals surface area contributed by atoms with E-state index in [1.165, 1.54) is 10.5 Å². The van der Waals surface area contributed by atoms with E-state index in [4.69, 9.17) is 0 Å². The van der Waals surface area contributed by atoms with Crippen molar-refractivity contribution < 1.29 is 4.79 Å². The molecule has 0 spiro atoms. The Morgan fingerprint density at radius 3 is 2.73 bits per heavy atom. The molecule has 0 saturated carbocycles. The van der Waals surface area contributed by atoms with Crippen LogP contribution in [0.5, 0.6) is 0 Å². The minimum absolute atomic E-state index is 0.0722. The van der Waals surface area contributed by atoms with Crippen molar-refractivity contribution in [2.45, 2.75) is 31.3 Å². The molecule has 1 heterocycles. The zero-order chi connectivity index (χ0) is 15.9. The Morgan fingerprint density at radius 2 is 2.09 bits per heavy atom. The van der Waals surface area contributed by atoms with Crippen LogP contribution in [0.1, 0.15) is 18.3 Å². The molecule has 1 atom stereocenters. The lowest BCUT2D eigenvalue weighted by Crippen LogP contribution is -2.41. The molecule has 2 aromatic rings. The molecule has 0 aliphatic carbocycles. The lowest BCUT2D eigenvalue weighted by atomic mass is 10.2. The van der Waals surface area contributed by atoms with Gasteiger partial charge in [0.15, 0.2) is 5.82 Å². The highest BCUT2D eigenvalue weighted by Gasteiger charge is 2.08. The second kappa shape index (κ2) is 7.84. The van der Waals surface area contributed by atoms with Gasteiger partial charge in [0.1, 0.15) is 6.33 Å². The molecule has 6 nitrogen and oxygen atoms in total. The molecule has 0 bridgehead atoms. The smallest absolute Gasteiger partial charge is 0.315 e. The van der Waals surface area contributed by atoms with Gasteiger partial charge in [0.05, 0.1) is 6.54 Å². The summed E-state index contributed by atoms with van der Waals surface area (Å²) < 4.78 is 1.61. The van der Waals surface area contributed by atoms with Crippen molar-refractivity contribution >= 4 is 17.8 Å². The van der Waals surface area contributed by atoms with E-state index in [0.29, 0.717) is 12.4 Å². The molecule has 0 saturated heterocycles. The first-order valence-corrected chi connectivity index (χ1v) is 8.10. The van der Waals surface area contributed by atoms with Crippen LogP contribution < -0.4 is 10.6 Å². The van der Waals surface area contributed by atoms with Crippen molar-refractivity contribution in [1.82, 2.24) is 25.4 Å². The third-order valence-corrected chi connectivity index (χ3v) is 4.22. The number of carbonyl (C=O) groups excluding carboxylic acids is 1. The quantitative estimate of drug-likeness (QED) is 0.800. The summed E-state index contributed by atoms with van der Waals surface area (Å²) in [6, 6.07) is 8.24. The second-order valence-corrected chi connectivity index (χ2v) is 6.28. The van der Waals surface area contributed by atoms with E-state index in [2.05, 4.69) is 51.9 Å². The Morgan fingerprint density at radius 1 is 1.36 bits per heavy atom. The monoisotopic (exact) mass is 319 g/mol. The Bertz CT molecular complexity index is 611. The first kappa shape index (κ1) is 16.4. The van der Waals surface area contributed by atoms with Crippen LogP contribution in [-0.2, 0) is 13.6 Å². The van der Waals surface area contributed by atoms with Gasteiger partial charge in [-0.25, -0.2) is 9.78 Å². The number of hydrogen-bond donors (Lipinski definition) is 2. The number of aromatic nitrogens is 3. The van der Waals surface area contributed by atoms with Gasteiger partial charge in [-0.3, -0.25) is 4.68 Å². The molecule has 0 fully saturated rings. The van der Waals surface area contributed by atoms with Gasteiger partial charge in [0, 0.05) is 23.7 Å². The van der Waals surface area contributed by atoms with Crippen LogP contribution in [0.4, 0.5) is 4.79 Å². The van der Waals surface area contributed by atoms with Gasteiger partial charge < -0.3 is 10.6 Å². The highest BCUT2D eigenvalue weighted by atomic mass is 32.2. The van der Waals surface area contributed by atoms with E-state index in [-0.39, 0.29) is 12.1 Å². The molecule has 2 N–H and O–H groups in total. The summed E-state index contributed by atoms with van der Waals surface area (Å²) in [7, 11) is 1.79. The van der Waals surface area contributed by atoms with Gasteiger partial charge in [0.2, 0.25) is 0 Å². The molecule has 2 rings (SSSR count). The number of nitrogens with one attached hydrogen (secondary N) is 2. The van der Waals surface area contributed by atoms with E-state index in [1.807, 2.05) is 6.92 Å². The fraction of sp³-hybridized carbons (Fsp3) is 0.400. The third-order valence-electron chi connectivity index (χ3n) is 2.95. The lowest BCUT2D eigenvalue weighted by molar-refractivity contribution is 0.238. The number of thioether (sulfide) groups is 1. The first-order valence-electron chi connectivity index (χ1n) is 7.11. The van der Waals surface area contributed by atoms with Crippen molar-refractivity contribution in [2.75, 3.05) is 5.75 Å². The SMILES string of the molecule is Cc1ccc(SC[C@@H](C)NC(=O)NCc2ncn(C)n2)cc1. The summed E-state index contributed by atoms with van der Waals surface area (Å²) in [5.41, 5.74) is 1.25. The van der Waals surface area contributed by atoms with Gasteiger partial charge in [-0.1, -0.05) is 17.7 Å². The highest BCUT2D eigenvalue weighted by Crippen LogP contribution is 2.18. The maximum Gasteiger partial charge on any atom is 0.315 e. The molecule has 0 unspecified atom stereocenters. The molecule has 22 heavy (non-hydrogen) atoms. The molecule has 0 aliphatic rings. The summed E-state index contributed by atoms with van der Waals surface area (Å²) in [4.78, 5) is 17.1. The number of urea groups is 1.